The number of esters is 3. The number of ether oxygens (including phenoxy) is 3. The molecule has 0 aliphatic rings. The van der Waals surface area contributed by atoms with Crippen molar-refractivity contribution in [2.24, 2.45) is 0 Å². The highest BCUT2D eigenvalue weighted by molar-refractivity contribution is 5.71. The molecule has 0 aromatic heterocycles. The Kier molecular flexibility index (Phi) is 48.0. The Morgan fingerprint density at radius 2 is 0.651 bits per heavy atom. The summed E-state index contributed by atoms with van der Waals surface area (Å²) in [7, 11) is 0. The second kappa shape index (κ2) is 51.0. The normalized spacial score (nSPS) is 12.9. The van der Waals surface area contributed by atoms with Gasteiger partial charge in [0.15, 0.2) is 6.10 Å². The molecule has 1 unspecified atom stereocenters. The van der Waals surface area contributed by atoms with Crippen molar-refractivity contribution in [3.05, 3.63) is 97.2 Å². The van der Waals surface area contributed by atoms with E-state index in [1.54, 1.807) is 0 Å². The molecule has 0 fully saturated rings. The lowest BCUT2D eigenvalue weighted by molar-refractivity contribution is -0.166. The van der Waals surface area contributed by atoms with E-state index in [0.717, 1.165) is 83.5 Å². The summed E-state index contributed by atoms with van der Waals surface area (Å²) in [5.41, 5.74) is 0. The molecule has 6 nitrogen and oxygen atoms in total. The summed E-state index contributed by atoms with van der Waals surface area (Å²) >= 11 is 0. The van der Waals surface area contributed by atoms with E-state index in [9.17, 15) is 14.4 Å². The first kappa shape index (κ1) is 59.3. The van der Waals surface area contributed by atoms with Crippen LogP contribution in [0.5, 0.6) is 0 Å². The standard InChI is InChI=1S/C57H94O6/c1-4-7-10-13-16-18-20-22-24-26-28-30-32-34-36-38-41-44-47-50-56(59)62-53-54(52-61-55(58)49-46-43-40-15-12-9-6-3)63-57(60)51-48-45-42-39-37-35-33-31-29-27-25-23-21-19-17-14-11-8-5-2/h7,10,16-19,22-25,28,30,34,36,41,44,54H,4-6,8-9,11-15,20-21,26-27,29,31-33,35,37-40,42-43,45-53H2,1-3H3/b10-7-,18-16-,19-17-,24-22-,25-23-,30-28-,36-34-,44-41-. The largest absolute Gasteiger partial charge is 0.462 e. The van der Waals surface area contributed by atoms with E-state index < -0.39 is 6.10 Å². The number of unbranched alkanes of at least 4 members (excludes halogenated alkanes) is 18. The van der Waals surface area contributed by atoms with Gasteiger partial charge in [0.25, 0.3) is 0 Å². The molecule has 0 bridgehead atoms. The first-order chi connectivity index (χ1) is 31.0. The van der Waals surface area contributed by atoms with Gasteiger partial charge in [0, 0.05) is 19.3 Å². The Balaban J connectivity index is 4.39. The summed E-state index contributed by atoms with van der Waals surface area (Å²) in [6.07, 6.45) is 67.0. The molecule has 0 radical (unpaired) electrons. The van der Waals surface area contributed by atoms with Crippen LogP contribution >= 0.6 is 0 Å². The molecule has 0 N–H and O–H groups in total. The topological polar surface area (TPSA) is 78.9 Å². The molecular formula is C57H94O6. The highest BCUT2D eigenvalue weighted by Crippen LogP contribution is 2.14. The SMILES string of the molecule is CC/C=C\C/C=C\C/C=C\C/C=C\C/C=C\C/C=C\CCC(=O)OCC(COC(=O)CCCCCCCCC)OC(=O)CCCCCCCCCCC/C=C\C/C=C\CCCCC. The van der Waals surface area contributed by atoms with Crippen LogP contribution in [-0.4, -0.2) is 37.2 Å². The van der Waals surface area contributed by atoms with Crippen molar-refractivity contribution in [3.63, 3.8) is 0 Å². The Bertz CT molecular complexity index is 1280. The molecule has 0 aliphatic heterocycles. The van der Waals surface area contributed by atoms with Gasteiger partial charge in [0.1, 0.15) is 13.2 Å². The van der Waals surface area contributed by atoms with Crippen molar-refractivity contribution in [2.45, 2.75) is 232 Å². The summed E-state index contributed by atoms with van der Waals surface area (Å²) in [4.78, 5) is 37.8. The lowest BCUT2D eigenvalue weighted by Crippen LogP contribution is -2.30. The molecule has 6 heteroatoms. The Hall–Kier alpha value is -3.67. The minimum absolute atomic E-state index is 0.103. The fourth-order valence-electron chi connectivity index (χ4n) is 6.73. The Morgan fingerprint density at radius 3 is 1.10 bits per heavy atom. The maximum absolute atomic E-state index is 12.8. The Morgan fingerprint density at radius 1 is 0.333 bits per heavy atom. The molecule has 0 saturated heterocycles. The molecule has 0 aliphatic carbocycles. The third-order valence-electron chi connectivity index (χ3n) is 10.6. The second-order valence-corrected chi connectivity index (χ2v) is 16.7. The monoisotopic (exact) mass is 875 g/mol. The number of hydrogen-bond donors (Lipinski definition) is 0. The minimum atomic E-state index is -0.807. The average Bonchev–Trinajstić information content (AvgIpc) is 3.28. The number of rotatable bonds is 45. The third-order valence-corrected chi connectivity index (χ3v) is 10.6. The van der Waals surface area contributed by atoms with E-state index >= 15 is 0 Å². The van der Waals surface area contributed by atoms with E-state index in [-0.39, 0.29) is 37.5 Å². The van der Waals surface area contributed by atoms with E-state index in [0.29, 0.717) is 19.3 Å². The minimum Gasteiger partial charge on any atom is -0.462 e. The van der Waals surface area contributed by atoms with Gasteiger partial charge < -0.3 is 14.2 Å². The smallest absolute Gasteiger partial charge is 0.306 e. The van der Waals surface area contributed by atoms with Gasteiger partial charge in [-0.25, -0.2) is 0 Å². The molecule has 0 saturated carbocycles. The Labute approximate surface area is 387 Å². The predicted octanol–water partition coefficient (Wildman–Crippen LogP) is 17.0. The van der Waals surface area contributed by atoms with Crippen LogP contribution < -0.4 is 0 Å². The second-order valence-electron chi connectivity index (χ2n) is 16.7. The van der Waals surface area contributed by atoms with Crippen LogP contribution in [0.3, 0.4) is 0 Å². The van der Waals surface area contributed by atoms with E-state index in [4.69, 9.17) is 14.2 Å². The fourth-order valence-corrected chi connectivity index (χ4v) is 6.73. The van der Waals surface area contributed by atoms with Gasteiger partial charge in [-0.3, -0.25) is 14.4 Å². The van der Waals surface area contributed by atoms with Crippen molar-refractivity contribution >= 4 is 17.9 Å². The summed E-state index contributed by atoms with van der Waals surface area (Å²) in [5.74, 6) is -1.01. The van der Waals surface area contributed by atoms with Crippen molar-refractivity contribution in [3.8, 4) is 0 Å². The molecule has 358 valence electrons. The zero-order valence-electron chi connectivity index (χ0n) is 40.8. The molecule has 63 heavy (non-hydrogen) atoms. The zero-order valence-corrected chi connectivity index (χ0v) is 40.8. The van der Waals surface area contributed by atoms with Crippen LogP contribution in [0.25, 0.3) is 0 Å². The lowest BCUT2D eigenvalue weighted by atomic mass is 10.1. The summed E-state index contributed by atoms with van der Waals surface area (Å²) < 4.78 is 16.7. The maximum atomic E-state index is 12.8. The van der Waals surface area contributed by atoms with Crippen molar-refractivity contribution in [1.82, 2.24) is 0 Å². The van der Waals surface area contributed by atoms with Crippen molar-refractivity contribution in [2.75, 3.05) is 13.2 Å². The van der Waals surface area contributed by atoms with Crippen LogP contribution in [0.1, 0.15) is 226 Å². The quantitative estimate of drug-likeness (QED) is 0.0262. The first-order valence-electron chi connectivity index (χ1n) is 25.7. The van der Waals surface area contributed by atoms with Gasteiger partial charge in [0.05, 0.1) is 0 Å². The van der Waals surface area contributed by atoms with Gasteiger partial charge in [-0.15, -0.1) is 0 Å². The number of carbonyl (C=O) groups is 3. The molecule has 1 atom stereocenters. The van der Waals surface area contributed by atoms with Gasteiger partial charge in [-0.05, 0) is 89.9 Å². The van der Waals surface area contributed by atoms with Gasteiger partial charge in [-0.2, -0.15) is 0 Å². The van der Waals surface area contributed by atoms with E-state index in [2.05, 4.69) is 106 Å². The maximum Gasteiger partial charge on any atom is 0.306 e. The third kappa shape index (κ3) is 49.2. The van der Waals surface area contributed by atoms with Crippen LogP contribution in [-0.2, 0) is 28.6 Å². The van der Waals surface area contributed by atoms with Crippen molar-refractivity contribution < 1.29 is 28.6 Å². The molecule has 0 rings (SSSR count). The van der Waals surface area contributed by atoms with E-state index in [1.165, 1.54) is 96.3 Å². The molecule has 0 aromatic carbocycles. The van der Waals surface area contributed by atoms with Crippen LogP contribution in [0, 0.1) is 0 Å². The van der Waals surface area contributed by atoms with Gasteiger partial charge in [0.2, 0.25) is 0 Å². The van der Waals surface area contributed by atoms with Crippen LogP contribution in [0.15, 0.2) is 97.2 Å². The summed E-state index contributed by atoms with van der Waals surface area (Å²) in [6.45, 7) is 6.38. The van der Waals surface area contributed by atoms with Gasteiger partial charge >= 0.3 is 17.9 Å². The molecule has 0 spiro atoms. The number of allylic oxidation sites excluding steroid dienone is 16. The summed E-state index contributed by atoms with van der Waals surface area (Å²) in [5, 5.41) is 0. The lowest BCUT2D eigenvalue weighted by Gasteiger charge is -2.18. The highest BCUT2D eigenvalue weighted by atomic mass is 16.6. The van der Waals surface area contributed by atoms with E-state index in [1.807, 2.05) is 12.2 Å². The molecule has 0 amide bonds. The van der Waals surface area contributed by atoms with Crippen molar-refractivity contribution in [1.29, 1.82) is 0 Å². The first-order valence-corrected chi connectivity index (χ1v) is 25.7. The summed E-state index contributed by atoms with van der Waals surface area (Å²) in [6, 6.07) is 0. The predicted molar refractivity (Wildman–Crippen MR) is 270 cm³/mol. The van der Waals surface area contributed by atoms with Crippen LogP contribution in [0.2, 0.25) is 0 Å². The number of hydrogen-bond acceptors (Lipinski definition) is 6. The molecule has 0 aromatic rings. The fraction of sp³-hybridized carbons (Fsp3) is 0.667. The molecular weight excluding hydrogens is 781 g/mol. The average molecular weight is 875 g/mol. The zero-order chi connectivity index (χ0) is 45.8. The molecule has 0 heterocycles. The highest BCUT2D eigenvalue weighted by Gasteiger charge is 2.19. The number of carbonyl (C=O) groups excluding carboxylic acids is 3. The van der Waals surface area contributed by atoms with Crippen LogP contribution in [0.4, 0.5) is 0 Å². The van der Waals surface area contributed by atoms with Gasteiger partial charge in [-0.1, -0.05) is 214 Å².